The molecule has 0 aromatic heterocycles. The van der Waals surface area contributed by atoms with Crippen molar-refractivity contribution in [3.63, 3.8) is 0 Å². The topological polar surface area (TPSA) is 26.7 Å². The van der Waals surface area contributed by atoms with Crippen LogP contribution in [-0.4, -0.2) is 61.3 Å². The van der Waals surface area contributed by atoms with E-state index in [0.29, 0.717) is 17.9 Å². The predicted molar refractivity (Wildman–Crippen MR) is 128 cm³/mol. The maximum atomic E-state index is 10.5. The molecule has 0 saturated carbocycles. The Morgan fingerprint density at radius 3 is 2.10 bits per heavy atom. The van der Waals surface area contributed by atoms with E-state index in [1.165, 1.54) is 31.5 Å². The molecule has 1 N–H and O–H groups in total. The Hall–Kier alpha value is -0.380. The summed E-state index contributed by atoms with van der Waals surface area (Å²) in [6, 6.07) is 0.716. The maximum absolute atomic E-state index is 10.5. The molecule has 3 nitrogen and oxygen atoms in total. The van der Waals surface area contributed by atoms with Crippen LogP contribution in [0.15, 0.2) is 11.6 Å². The van der Waals surface area contributed by atoms with Gasteiger partial charge in [0.1, 0.15) is 0 Å². The molecular formula is C26H52N2O. The van der Waals surface area contributed by atoms with E-state index in [4.69, 9.17) is 0 Å². The third-order valence-corrected chi connectivity index (χ3v) is 7.98. The lowest BCUT2D eigenvalue weighted by atomic mass is 9.62. The lowest BCUT2D eigenvalue weighted by Crippen LogP contribution is -2.42. The van der Waals surface area contributed by atoms with E-state index < -0.39 is 0 Å². The number of nitrogens with zero attached hydrogens (tertiary/aromatic N) is 2. The number of aliphatic hydroxyl groups excluding tert-OH is 1. The highest BCUT2D eigenvalue weighted by atomic mass is 16.3. The summed E-state index contributed by atoms with van der Waals surface area (Å²) < 4.78 is 0. The summed E-state index contributed by atoms with van der Waals surface area (Å²) >= 11 is 0. The Bertz CT molecular complexity index is 495. The molecule has 1 heterocycles. The van der Waals surface area contributed by atoms with E-state index in [9.17, 15) is 5.11 Å². The Morgan fingerprint density at radius 1 is 1.14 bits per heavy atom. The maximum Gasteiger partial charge on any atom is 0.0499 e. The fourth-order valence-electron chi connectivity index (χ4n) is 5.21. The molecule has 2 unspecified atom stereocenters. The first kappa shape index (κ1) is 26.7. The van der Waals surface area contributed by atoms with Crippen molar-refractivity contribution in [2.45, 2.75) is 87.1 Å². The van der Waals surface area contributed by atoms with Gasteiger partial charge in [0, 0.05) is 25.1 Å². The van der Waals surface area contributed by atoms with E-state index in [2.05, 4.69) is 85.4 Å². The van der Waals surface area contributed by atoms with Crippen LogP contribution in [0.25, 0.3) is 0 Å². The Balaban J connectivity index is 3.02. The molecule has 2 atom stereocenters. The van der Waals surface area contributed by atoms with Crippen LogP contribution in [0.4, 0.5) is 0 Å². The van der Waals surface area contributed by atoms with Crippen LogP contribution in [-0.2, 0) is 0 Å². The second-order valence-electron chi connectivity index (χ2n) is 11.5. The molecule has 29 heavy (non-hydrogen) atoms. The molecule has 0 aliphatic carbocycles. The SMILES string of the molecule is CCC(C(CO)/C(=C\CCN(C)C1CCN(C)CC1)C(C)(C)C(C)C)C(C)(C)C. The van der Waals surface area contributed by atoms with Gasteiger partial charge in [-0.25, -0.2) is 0 Å². The minimum Gasteiger partial charge on any atom is -0.396 e. The molecule has 0 bridgehead atoms. The monoisotopic (exact) mass is 408 g/mol. The van der Waals surface area contributed by atoms with Gasteiger partial charge in [-0.05, 0) is 69.1 Å². The lowest BCUT2D eigenvalue weighted by molar-refractivity contribution is 0.0941. The number of hydrogen-bond acceptors (Lipinski definition) is 3. The van der Waals surface area contributed by atoms with Gasteiger partial charge in [0.2, 0.25) is 0 Å². The molecule has 1 rings (SSSR count). The van der Waals surface area contributed by atoms with Crippen LogP contribution in [0.2, 0.25) is 0 Å². The zero-order chi connectivity index (χ0) is 22.4. The van der Waals surface area contributed by atoms with Gasteiger partial charge in [0.25, 0.3) is 0 Å². The van der Waals surface area contributed by atoms with Gasteiger partial charge < -0.3 is 14.9 Å². The molecule has 1 fully saturated rings. The van der Waals surface area contributed by atoms with Gasteiger partial charge in [0.05, 0.1) is 0 Å². The molecule has 3 heteroatoms. The fraction of sp³-hybridized carbons (Fsp3) is 0.923. The van der Waals surface area contributed by atoms with Crippen molar-refractivity contribution in [3.05, 3.63) is 11.6 Å². The van der Waals surface area contributed by atoms with Gasteiger partial charge in [-0.2, -0.15) is 0 Å². The highest BCUT2D eigenvalue weighted by Gasteiger charge is 2.39. The summed E-state index contributed by atoms with van der Waals surface area (Å²) in [4.78, 5) is 5.01. The molecule has 0 aromatic rings. The molecule has 1 aliphatic rings. The molecule has 0 spiro atoms. The highest BCUT2D eigenvalue weighted by molar-refractivity contribution is 5.19. The Labute approximate surface area is 182 Å². The average Bonchev–Trinajstić information content (AvgIpc) is 2.62. The van der Waals surface area contributed by atoms with E-state index in [1.54, 1.807) is 0 Å². The van der Waals surface area contributed by atoms with Crippen LogP contribution in [0.1, 0.15) is 81.1 Å². The lowest BCUT2D eigenvalue weighted by Gasteiger charge is -2.44. The fourth-order valence-corrected chi connectivity index (χ4v) is 5.21. The molecule has 0 aromatic carbocycles. The quantitative estimate of drug-likeness (QED) is 0.470. The number of aliphatic hydroxyl groups is 1. The molecule has 1 saturated heterocycles. The first-order chi connectivity index (χ1) is 13.4. The summed E-state index contributed by atoms with van der Waals surface area (Å²) in [5, 5.41) is 10.5. The number of likely N-dealkylation sites (tertiary alicyclic amines) is 1. The summed E-state index contributed by atoms with van der Waals surface area (Å²) in [6.07, 6.45) is 7.24. The predicted octanol–water partition coefficient (Wildman–Crippen LogP) is 5.69. The molecule has 0 radical (unpaired) electrons. The van der Waals surface area contributed by atoms with Crippen LogP contribution in [0.5, 0.6) is 0 Å². The summed E-state index contributed by atoms with van der Waals surface area (Å²) in [5.74, 6) is 1.28. The third-order valence-electron chi connectivity index (χ3n) is 7.98. The molecule has 172 valence electrons. The first-order valence-corrected chi connectivity index (χ1v) is 12.1. The van der Waals surface area contributed by atoms with Gasteiger partial charge in [-0.3, -0.25) is 0 Å². The van der Waals surface area contributed by atoms with Gasteiger partial charge in [-0.1, -0.05) is 73.5 Å². The van der Waals surface area contributed by atoms with Crippen molar-refractivity contribution in [1.82, 2.24) is 9.80 Å². The summed E-state index contributed by atoms with van der Waals surface area (Å²) in [6.45, 7) is 22.5. The Kier molecular flexibility index (Phi) is 10.4. The molecule has 0 amide bonds. The van der Waals surface area contributed by atoms with Crippen LogP contribution in [0, 0.1) is 28.6 Å². The average molecular weight is 409 g/mol. The van der Waals surface area contributed by atoms with Gasteiger partial charge in [-0.15, -0.1) is 0 Å². The zero-order valence-electron chi connectivity index (χ0n) is 21.4. The van der Waals surface area contributed by atoms with Crippen molar-refractivity contribution < 1.29 is 5.11 Å². The summed E-state index contributed by atoms with van der Waals surface area (Å²) in [5.41, 5.74) is 1.77. The second kappa shape index (κ2) is 11.3. The third kappa shape index (κ3) is 7.36. The van der Waals surface area contributed by atoms with E-state index >= 15 is 0 Å². The van der Waals surface area contributed by atoms with Crippen LogP contribution >= 0.6 is 0 Å². The second-order valence-corrected chi connectivity index (χ2v) is 11.5. The molecule has 1 aliphatic heterocycles. The first-order valence-electron chi connectivity index (χ1n) is 12.1. The normalized spacial score (nSPS) is 20.5. The molecular weight excluding hydrogens is 356 g/mol. The number of rotatable bonds is 10. The van der Waals surface area contributed by atoms with E-state index in [0.717, 1.165) is 19.4 Å². The van der Waals surface area contributed by atoms with Crippen LogP contribution in [0.3, 0.4) is 0 Å². The number of piperidine rings is 1. The van der Waals surface area contributed by atoms with Crippen molar-refractivity contribution >= 4 is 0 Å². The van der Waals surface area contributed by atoms with Crippen LogP contribution < -0.4 is 0 Å². The van der Waals surface area contributed by atoms with Crippen molar-refractivity contribution in [2.75, 3.05) is 40.3 Å². The zero-order valence-corrected chi connectivity index (χ0v) is 21.4. The van der Waals surface area contributed by atoms with Gasteiger partial charge in [0.15, 0.2) is 0 Å². The van der Waals surface area contributed by atoms with Crippen molar-refractivity contribution in [3.8, 4) is 0 Å². The summed E-state index contributed by atoms with van der Waals surface area (Å²) in [7, 11) is 4.53. The highest BCUT2D eigenvalue weighted by Crippen LogP contribution is 2.46. The smallest absolute Gasteiger partial charge is 0.0499 e. The van der Waals surface area contributed by atoms with Crippen molar-refractivity contribution in [1.29, 1.82) is 0 Å². The largest absolute Gasteiger partial charge is 0.396 e. The minimum absolute atomic E-state index is 0.0954. The van der Waals surface area contributed by atoms with Crippen molar-refractivity contribution in [2.24, 2.45) is 28.6 Å². The van der Waals surface area contributed by atoms with Gasteiger partial charge >= 0.3 is 0 Å². The van der Waals surface area contributed by atoms with E-state index in [-0.39, 0.29) is 23.4 Å². The van der Waals surface area contributed by atoms with E-state index in [1.807, 2.05) is 0 Å². The standard InChI is InChI=1S/C26H52N2O/c1-11-23(25(4,5)6)22(19-29)24(26(7,8)20(2)3)13-12-16-28(10)21-14-17-27(9)18-15-21/h13,20-23,29H,11-12,14-19H2,1-10H3/b24-13+. The minimum atomic E-state index is 0.0954. The number of hydrogen-bond donors (Lipinski definition) is 1. The Morgan fingerprint density at radius 2 is 1.69 bits per heavy atom.